The van der Waals surface area contributed by atoms with Crippen molar-refractivity contribution in [1.82, 2.24) is 14.9 Å². The lowest BCUT2D eigenvalue weighted by Crippen LogP contribution is -2.23. The van der Waals surface area contributed by atoms with Crippen molar-refractivity contribution in [1.29, 1.82) is 0 Å². The van der Waals surface area contributed by atoms with Gasteiger partial charge in [-0.2, -0.15) is 0 Å². The van der Waals surface area contributed by atoms with Crippen molar-refractivity contribution in [2.45, 2.75) is 38.6 Å². The van der Waals surface area contributed by atoms with Gasteiger partial charge in [-0.05, 0) is 13.0 Å². The van der Waals surface area contributed by atoms with E-state index in [1.54, 1.807) is 0 Å². The predicted molar refractivity (Wildman–Crippen MR) is 57.5 cm³/mol. The highest BCUT2D eigenvalue weighted by atomic mass is 15.1. The van der Waals surface area contributed by atoms with Gasteiger partial charge >= 0.3 is 0 Å². The number of nitrogens with zero attached hydrogens (tertiary/aromatic N) is 2. The van der Waals surface area contributed by atoms with Gasteiger partial charge in [0, 0.05) is 30.4 Å². The molecular weight excluding hydrogens is 174 g/mol. The molecule has 1 aliphatic heterocycles. The highest BCUT2D eigenvalue weighted by Gasteiger charge is 2.25. The van der Waals surface area contributed by atoms with E-state index in [2.05, 4.69) is 41.8 Å². The Bertz CT molecular complexity index is 303. The molecule has 0 amide bonds. The maximum atomic E-state index is 4.47. The van der Waals surface area contributed by atoms with E-state index in [9.17, 15) is 0 Å². The van der Waals surface area contributed by atoms with Crippen LogP contribution >= 0.6 is 0 Å². The Hall–Kier alpha value is -0.830. The van der Waals surface area contributed by atoms with Gasteiger partial charge in [0.2, 0.25) is 0 Å². The zero-order chi connectivity index (χ0) is 10.2. The summed E-state index contributed by atoms with van der Waals surface area (Å²) in [4.78, 5) is 4.47. The molecule has 3 heteroatoms. The van der Waals surface area contributed by atoms with Crippen molar-refractivity contribution in [3.05, 3.63) is 18.2 Å². The quantitative estimate of drug-likeness (QED) is 0.736. The lowest BCUT2D eigenvalue weighted by atomic mass is 9.95. The van der Waals surface area contributed by atoms with E-state index in [0.29, 0.717) is 6.04 Å². The molecule has 0 radical (unpaired) electrons. The Morgan fingerprint density at radius 3 is 2.86 bits per heavy atom. The van der Waals surface area contributed by atoms with E-state index in [-0.39, 0.29) is 5.41 Å². The molecule has 0 spiro atoms. The summed E-state index contributed by atoms with van der Waals surface area (Å²) >= 11 is 0. The van der Waals surface area contributed by atoms with Gasteiger partial charge in [0.25, 0.3) is 0 Å². The highest BCUT2D eigenvalue weighted by Crippen LogP contribution is 2.25. The van der Waals surface area contributed by atoms with Crippen LogP contribution in [0.3, 0.4) is 0 Å². The first-order valence-electron chi connectivity index (χ1n) is 5.33. The lowest BCUT2D eigenvalue weighted by molar-refractivity contribution is 0.450. The number of imidazole rings is 1. The van der Waals surface area contributed by atoms with Crippen LogP contribution in [0.2, 0.25) is 0 Å². The first kappa shape index (κ1) is 9.71. The fourth-order valence-electron chi connectivity index (χ4n) is 2.07. The van der Waals surface area contributed by atoms with Gasteiger partial charge in [0.15, 0.2) is 0 Å². The summed E-state index contributed by atoms with van der Waals surface area (Å²) in [6.07, 6.45) is 5.25. The van der Waals surface area contributed by atoms with Crippen molar-refractivity contribution in [3.8, 4) is 0 Å². The van der Waals surface area contributed by atoms with E-state index >= 15 is 0 Å². The van der Waals surface area contributed by atoms with E-state index in [1.807, 2.05) is 6.20 Å². The van der Waals surface area contributed by atoms with Gasteiger partial charge in [-0.25, -0.2) is 4.98 Å². The standard InChI is InChI=1S/C11H19N3/c1-11(2,3)10-13-6-7-14(10)9-4-5-12-8-9/h6-7,9,12H,4-5,8H2,1-3H3. The van der Waals surface area contributed by atoms with Gasteiger partial charge in [-0.15, -0.1) is 0 Å². The van der Waals surface area contributed by atoms with Crippen LogP contribution < -0.4 is 5.32 Å². The molecule has 1 N–H and O–H groups in total. The van der Waals surface area contributed by atoms with Crippen molar-refractivity contribution < 1.29 is 0 Å². The Morgan fingerprint density at radius 1 is 1.50 bits per heavy atom. The van der Waals surface area contributed by atoms with Crippen LogP contribution in [0, 0.1) is 0 Å². The summed E-state index contributed by atoms with van der Waals surface area (Å²) in [6.45, 7) is 8.86. The lowest BCUT2D eigenvalue weighted by Gasteiger charge is -2.23. The van der Waals surface area contributed by atoms with Crippen LogP contribution in [-0.2, 0) is 5.41 Å². The third-order valence-corrected chi connectivity index (χ3v) is 2.77. The van der Waals surface area contributed by atoms with Gasteiger partial charge in [-0.3, -0.25) is 0 Å². The molecule has 2 heterocycles. The largest absolute Gasteiger partial charge is 0.330 e. The van der Waals surface area contributed by atoms with Crippen molar-refractivity contribution in [2.24, 2.45) is 0 Å². The van der Waals surface area contributed by atoms with Crippen LogP contribution in [-0.4, -0.2) is 22.6 Å². The molecule has 0 bridgehead atoms. The molecule has 2 rings (SSSR count). The maximum Gasteiger partial charge on any atom is 0.114 e. The molecule has 0 aromatic carbocycles. The Kier molecular flexibility index (Phi) is 2.35. The van der Waals surface area contributed by atoms with Crippen LogP contribution in [0.1, 0.15) is 39.1 Å². The summed E-state index contributed by atoms with van der Waals surface area (Å²) in [5, 5.41) is 3.39. The number of hydrogen-bond acceptors (Lipinski definition) is 2. The highest BCUT2D eigenvalue weighted by molar-refractivity contribution is 5.07. The fourth-order valence-corrected chi connectivity index (χ4v) is 2.07. The van der Waals surface area contributed by atoms with E-state index in [1.165, 1.54) is 12.2 Å². The van der Waals surface area contributed by atoms with E-state index in [4.69, 9.17) is 0 Å². The average Bonchev–Trinajstić information content (AvgIpc) is 2.73. The van der Waals surface area contributed by atoms with Crippen molar-refractivity contribution >= 4 is 0 Å². The second kappa shape index (κ2) is 3.39. The SMILES string of the molecule is CC(C)(C)c1nccn1C1CCNC1. The molecule has 78 valence electrons. The molecule has 3 nitrogen and oxygen atoms in total. The number of rotatable bonds is 1. The molecule has 0 aliphatic carbocycles. The number of aromatic nitrogens is 2. The first-order chi connectivity index (χ1) is 6.59. The minimum atomic E-state index is 0.145. The van der Waals surface area contributed by atoms with Crippen LogP contribution in [0.25, 0.3) is 0 Å². The van der Waals surface area contributed by atoms with Gasteiger partial charge in [0.05, 0.1) is 0 Å². The molecule has 0 saturated carbocycles. The summed E-state index contributed by atoms with van der Waals surface area (Å²) < 4.78 is 2.33. The maximum absolute atomic E-state index is 4.47. The summed E-state index contributed by atoms with van der Waals surface area (Å²) in [7, 11) is 0. The topological polar surface area (TPSA) is 29.9 Å². The summed E-state index contributed by atoms with van der Waals surface area (Å²) in [5.41, 5.74) is 0.145. The molecule has 1 aromatic rings. The monoisotopic (exact) mass is 193 g/mol. The van der Waals surface area contributed by atoms with Crippen LogP contribution in [0.15, 0.2) is 12.4 Å². The van der Waals surface area contributed by atoms with Crippen LogP contribution in [0.4, 0.5) is 0 Å². The first-order valence-corrected chi connectivity index (χ1v) is 5.33. The Morgan fingerprint density at radius 2 is 2.29 bits per heavy atom. The van der Waals surface area contributed by atoms with E-state index in [0.717, 1.165) is 13.1 Å². The van der Waals surface area contributed by atoms with Crippen LogP contribution in [0.5, 0.6) is 0 Å². The molecule has 1 fully saturated rings. The molecule has 1 saturated heterocycles. The third-order valence-electron chi connectivity index (χ3n) is 2.77. The Labute approximate surface area is 85.5 Å². The Balaban J connectivity index is 2.29. The third kappa shape index (κ3) is 1.69. The van der Waals surface area contributed by atoms with Crippen molar-refractivity contribution in [2.75, 3.05) is 13.1 Å². The van der Waals surface area contributed by atoms with Gasteiger partial charge < -0.3 is 9.88 Å². The smallest absolute Gasteiger partial charge is 0.114 e. The normalized spacial score (nSPS) is 22.9. The molecule has 1 atom stereocenters. The van der Waals surface area contributed by atoms with Crippen molar-refractivity contribution in [3.63, 3.8) is 0 Å². The minimum Gasteiger partial charge on any atom is -0.330 e. The second-order valence-electron chi connectivity index (χ2n) is 5.05. The number of hydrogen-bond donors (Lipinski definition) is 1. The van der Waals surface area contributed by atoms with Gasteiger partial charge in [0.1, 0.15) is 5.82 Å². The number of nitrogens with one attached hydrogen (secondary N) is 1. The molecule has 1 unspecified atom stereocenters. The predicted octanol–water partition coefficient (Wildman–Crippen LogP) is 1.71. The zero-order valence-electron chi connectivity index (χ0n) is 9.25. The molecule has 14 heavy (non-hydrogen) atoms. The van der Waals surface area contributed by atoms with E-state index < -0.39 is 0 Å². The molecule has 1 aliphatic rings. The average molecular weight is 193 g/mol. The fraction of sp³-hybridized carbons (Fsp3) is 0.727. The minimum absolute atomic E-state index is 0.145. The summed E-state index contributed by atoms with van der Waals surface area (Å²) in [5.74, 6) is 1.20. The zero-order valence-corrected chi connectivity index (χ0v) is 9.25. The summed E-state index contributed by atoms with van der Waals surface area (Å²) in [6, 6.07) is 0.603. The molecular formula is C11H19N3. The molecule has 1 aromatic heterocycles. The van der Waals surface area contributed by atoms with Gasteiger partial charge in [-0.1, -0.05) is 20.8 Å². The second-order valence-corrected chi connectivity index (χ2v) is 5.05.